The van der Waals surface area contributed by atoms with E-state index in [0.717, 1.165) is 25.0 Å². The number of nitrogens with one attached hydrogen (secondary N) is 1. The van der Waals surface area contributed by atoms with Gasteiger partial charge in [-0.1, -0.05) is 13.8 Å². The third-order valence-electron chi connectivity index (χ3n) is 3.40. The zero-order valence-corrected chi connectivity index (χ0v) is 11.0. The Balaban J connectivity index is 2.58. The van der Waals surface area contributed by atoms with Gasteiger partial charge in [0.25, 0.3) is 0 Å². The van der Waals surface area contributed by atoms with Gasteiger partial charge in [-0.05, 0) is 31.6 Å². The van der Waals surface area contributed by atoms with Crippen LogP contribution in [0.4, 0.5) is 4.79 Å². The minimum atomic E-state index is -0.588. The van der Waals surface area contributed by atoms with Gasteiger partial charge < -0.3 is 9.84 Å². The van der Waals surface area contributed by atoms with Crippen LogP contribution in [0.25, 0.3) is 0 Å². The number of aliphatic hydroxyl groups is 1. The maximum absolute atomic E-state index is 10.9. The smallest absolute Gasteiger partial charge is 0.427 e. The fourth-order valence-electron chi connectivity index (χ4n) is 2.30. The molecule has 0 heterocycles. The van der Waals surface area contributed by atoms with Gasteiger partial charge in [-0.3, -0.25) is 0 Å². The minimum absolute atomic E-state index is 0.0279. The highest BCUT2D eigenvalue weighted by Crippen LogP contribution is 2.38. The molecule has 1 amide bonds. The zero-order chi connectivity index (χ0) is 13.1. The Morgan fingerprint density at radius 3 is 2.71 bits per heavy atom. The first-order chi connectivity index (χ1) is 7.85. The highest BCUT2D eigenvalue weighted by molar-refractivity contribution is 5.86. The van der Waals surface area contributed by atoms with Crippen LogP contribution in [0.1, 0.15) is 40.0 Å². The summed E-state index contributed by atoms with van der Waals surface area (Å²) in [4.78, 5) is 10.9. The Hall–Kier alpha value is -1.10. The molecule has 1 aliphatic carbocycles. The average Bonchev–Trinajstić information content (AvgIpc) is 2.24. The molecule has 2 N–H and O–H groups in total. The number of hydrazone groups is 1. The Kier molecular flexibility index (Phi) is 4.51. The van der Waals surface area contributed by atoms with Crippen molar-refractivity contribution in [2.24, 2.45) is 16.4 Å². The summed E-state index contributed by atoms with van der Waals surface area (Å²) in [7, 11) is 1.29. The van der Waals surface area contributed by atoms with Crippen LogP contribution in [0.15, 0.2) is 5.10 Å². The molecule has 1 saturated carbocycles. The summed E-state index contributed by atoms with van der Waals surface area (Å²) < 4.78 is 4.43. The summed E-state index contributed by atoms with van der Waals surface area (Å²) >= 11 is 0. The van der Waals surface area contributed by atoms with Crippen molar-refractivity contribution in [2.75, 3.05) is 7.11 Å². The van der Waals surface area contributed by atoms with Gasteiger partial charge in [0.1, 0.15) is 0 Å². The molecule has 1 rings (SSSR count). The lowest BCUT2D eigenvalue weighted by atomic mass is 9.70. The largest absolute Gasteiger partial charge is 0.452 e. The van der Waals surface area contributed by atoms with Gasteiger partial charge in [-0.25, -0.2) is 10.2 Å². The maximum Gasteiger partial charge on any atom is 0.427 e. The third-order valence-corrected chi connectivity index (χ3v) is 3.40. The first kappa shape index (κ1) is 14.0. The van der Waals surface area contributed by atoms with Crippen molar-refractivity contribution in [3.05, 3.63) is 0 Å². The quantitative estimate of drug-likeness (QED) is 0.574. The lowest BCUT2D eigenvalue weighted by molar-refractivity contribution is 0.0412. The van der Waals surface area contributed by atoms with E-state index in [4.69, 9.17) is 0 Å². The second-order valence-electron chi connectivity index (χ2n) is 5.44. The number of aliphatic hydroxyl groups excluding tert-OH is 1. The van der Waals surface area contributed by atoms with Crippen molar-refractivity contribution in [1.29, 1.82) is 0 Å². The number of carbonyl (C=O) groups excluding carboxylic acids is 1. The molecule has 2 atom stereocenters. The van der Waals surface area contributed by atoms with Crippen molar-refractivity contribution < 1.29 is 14.6 Å². The standard InChI is InChI=1S/C12H22N2O3/c1-8(13-14-11(16)17-4)9-5-6-12(2,3)7-10(9)15/h9-10,15H,5-7H2,1-4H3,(H,14,16)/b13-8-. The van der Waals surface area contributed by atoms with Gasteiger partial charge in [0.2, 0.25) is 0 Å². The Morgan fingerprint density at radius 1 is 1.53 bits per heavy atom. The van der Waals surface area contributed by atoms with Gasteiger partial charge in [-0.2, -0.15) is 5.10 Å². The van der Waals surface area contributed by atoms with Crippen LogP contribution < -0.4 is 5.43 Å². The van der Waals surface area contributed by atoms with Crippen LogP contribution in [-0.2, 0) is 4.74 Å². The van der Waals surface area contributed by atoms with E-state index in [-0.39, 0.29) is 17.4 Å². The molecule has 0 aliphatic heterocycles. The normalized spacial score (nSPS) is 28.6. The average molecular weight is 242 g/mol. The maximum atomic E-state index is 10.9. The van der Waals surface area contributed by atoms with E-state index in [0.29, 0.717) is 0 Å². The second-order valence-corrected chi connectivity index (χ2v) is 5.44. The molecule has 17 heavy (non-hydrogen) atoms. The van der Waals surface area contributed by atoms with Crippen LogP contribution in [0.3, 0.4) is 0 Å². The molecule has 0 aromatic carbocycles. The zero-order valence-electron chi connectivity index (χ0n) is 11.0. The Bertz CT molecular complexity index is 313. The van der Waals surface area contributed by atoms with E-state index in [1.807, 2.05) is 6.92 Å². The van der Waals surface area contributed by atoms with Crippen molar-refractivity contribution in [2.45, 2.75) is 46.1 Å². The van der Waals surface area contributed by atoms with Crippen LogP contribution in [-0.4, -0.2) is 30.1 Å². The first-order valence-corrected chi connectivity index (χ1v) is 5.92. The van der Waals surface area contributed by atoms with E-state index in [1.165, 1.54) is 7.11 Å². The molecular weight excluding hydrogens is 220 g/mol. The number of methoxy groups -OCH3 is 1. The number of ether oxygens (including phenoxy) is 1. The van der Waals surface area contributed by atoms with Gasteiger partial charge in [0.15, 0.2) is 0 Å². The topological polar surface area (TPSA) is 70.9 Å². The predicted octanol–water partition coefficient (Wildman–Crippen LogP) is 1.91. The molecule has 0 radical (unpaired) electrons. The fraction of sp³-hybridized carbons (Fsp3) is 0.833. The minimum Gasteiger partial charge on any atom is -0.452 e. The SMILES string of the molecule is COC(=O)N/N=C(/C)C1CCC(C)(C)CC1O. The summed E-state index contributed by atoms with van der Waals surface area (Å²) in [6, 6.07) is 0. The number of nitrogens with zero attached hydrogens (tertiary/aromatic N) is 1. The van der Waals surface area contributed by atoms with Gasteiger partial charge >= 0.3 is 6.09 Å². The molecular formula is C12H22N2O3. The number of amides is 1. The van der Waals surface area contributed by atoms with Crippen LogP contribution in [0.5, 0.6) is 0 Å². The highest BCUT2D eigenvalue weighted by Gasteiger charge is 2.35. The Morgan fingerprint density at radius 2 is 2.18 bits per heavy atom. The molecule has 5 heteroatoms. The number of carbonyl (C=O) groups is 1. The molecule has 1 aliphatic rings. The van der Waals surface area contributed by atoms with Crippen LogP contribution in [0.2, 0.25) is 0 Å². The summed E-state index contributed by atoms with van der Waals surface area (Å²) in [6.45, 7) is 6.14. The molecule has 0 aromatic heterocycles. The Labute approximate surface area is 102 Å². The molecule has 98 valence electrons. The summed E-state index contributed by atoms with van der Waals surface area (Å²) in [5.74, 6) is 0.0279. The van der Waals surface area contributed by atoms with Crippen molar-refractivity contribution in [3.8, 4) is 0 Å². The molecule has 5 nitrogen and oxygen atoms in total. The molecule has 0 spiro atoms. The van der Waals surface area contributed by atoms with Gasteiger partial charge in [-0.15, -0.1) is 0 Å². The number of hydrogen-bond donors (Lipinski definition) is 2. The van der Waals surface area contributed by atoms with E-state index < -0.39 is 6.09 Å². The molecule has 1 fully saturated rings. The molecule has 0 bridgehead atoms. The first-order valence-electron chi connectivity index (χ1n) is 5.92. The van der Waals surface area contributed by atoms with Crippen LogP contribution >= 0.6 is 0 Å². The van der Waals surface area contributed by atoms with Crippen molar-refractivity contribution in [1.82, 2.24) is 5.43 Å². The van der Waals surface area contributed by atoms with E-state index in [1.54, 1.807) is 0 Å². The van der Waals surface area contributed by atoms with E-state index in [2.05, 4.69) is 29.1 Å². The lowest BCUT2D eigenvalue weighted by Gasteiger charge is -2.38. The van der Waals surface area contributed by atoms with Crippen molar-refractivity contribution >= 4 is 11.8 Å². The molecule has 2 unspecified atom stereocenters. The number of rotatable bonds is 2. The summed E-state index contributed by atoms with van der Waals surface area (Å²) in [5, 5.41) is 14.0. The predicted molar refractivity (Wildman–Crippen MR) is 65.8 cm³/mol. The monoisotopic (exact) mass is 242 g/mol. The summed E-state index contributed by atoms with van der Waals surface area (Å²) in [6.07, 6.45) is 1.74. The summed E-state index contributed by atoms with van der Waals surface area (Å²) in [5.41, 5.74) is 3.22. The van der Waals surface area contributed by atoms with Crippen molar-refractivity contribution in [3.63, 3.8) is 0 Å². The van der Waals surface area contributed by atoms with Crippen LogP contribution in [0, 0.1) is 11.3 Å². The highest BCUT2D eigenvalue weighted by atomic mass is 16.5. The fourth-order valence-corrected chi connectivity index (χ4v) is 2.30. The molecule has 0 saturated heterocycles. The van der Waals surface area contributed by atoms with Gasteiger partial charge in [0.05, 0.1) is 13.2 Å². The van der Waals surface area contributed by atoms with E-state index >= 15 is 0 Å². The third kappa shape index (κ3) is 4.00. The number of hydrogen-bond acceptors (Lipinski definition) is 4. The van der Waals surface area contributed by atoms with Gasteiger partial charge in [0, 0.05) is 11.6 Å². The van der Waals surface area contributed by atoms with E-state index in [9.17, 15) is 9.90 Å². The lowest BCUT2D eigenvalue weighted by Crippen LogP contribution is -2.38. The molecule has 0 aromatic rings. The second kappa shape index (κ2) is 5.49.